The normalized spacial score (nSPS) is 20.1. The zero-order chi connectivity index (χ0) is 25.1. The van der Waals surface area contributed by atoms with Crippen molar-refractivity contribution in [3.8, 4) is 11.1 Å². The van der Waals surface area contributed by atoms with Crippen LogP contribution in [0.5, 0.6) is 0 Å². The molecule has 6 heteroatoms. The van der Waals surface area contributed by atoms with Gasteiger partial charge in [0, 0.05) is 12.1 Å². The highest BCUT2D eigenvalue weighted by Gasteiger charge is 2.31. The first-order valence-electron chi connectivity index (χ1n) is 12.0. The molecular weight excluding hydrogens is 439 g/mol. The molecule has 2 aromatic carbocycles. The molecule has 0 aromatic heterocycles. The molecule has 0 aliphatic heterocycles. The van der Waals surface area contributed by atoms with E-state index in [2.05, 4.69) is 33.0 Å². The Labute approximate surface area is 201 Å². The average Bonchev–Trinajstić information content (AvgIpc) is 2.78. The zero-order valence-electron chi connectivity index (χ0n) is 20.8. The van der Waals surface area contributed by atoms with Crippen LogP contribution in [-0.4, -0.2) is 19.1 Å². The zero-order valence-corrected chi connectivity index (χ0v) is 20.8. The van der Waals surface area contributed by atoms with Crippen molar-refractivity contribution in [1.29, 1.82) is 0 Å². The Balaban J connectivity index is 1.85. The largest absolute Gasteiger partial charge is 0.469 e. The van der Waals surface area contributed by atoms with E-state index in [1.807, 2.05) is 18.2 Å². The Bertz CT molecular complexity index is 969. The molecule has 3 rings (SSSR count). The highest BCUT2D eigenvalue weighted by molar-refractivity contribution is 5.75. The number of halogens is 3. The van der Waals surface area contributed by atoms with E-state index in [4.69, 9.17) is 4.74 Å². The van der Waals surface area contributed by atoms with Gasteiger partial charge in [-0.15, -0.1) is 0 Å². The van der Waals surface area contributed by atoms with E-state index in [0.717, 1.165) is 47.6 Å². The van der Waals surface area contributed by atoms with Crippen molar-refractivity contribution in [3.05, 3.63) is 59.2 Å². The van der Waals surface area contributed by atoms with E-state index in [1.54, 1.807) is 0 Å². The molecule has 3 nitrogen and oxygen atoms in total. The minimum atomic E-state index is -4.38. The molecule has 0 saturated heterocycles. The minimum Gasteiger partial charge on any atom is -0.469 e. The number of hydrogen-bond donors (Lipinski definition) is 1. The van der Waals surface area contributed by atoms with Gasteiger partial charge < -0.3 is 10.1 Å². The summed E-state index contributed by atoms with van der Waals surface area (Å²) < 4.78 is 44.0. The maximum absolute atomic E-state index is 13.1. The lowest BCUT2D eigenvalue weighted by Gasteiger charge is -2.38. The Hall–Kier alpha value is -2.34. The van der Waals surface area contributed by atoms with Crippen LogP contribution >= 0.6 is 0 Å². The maximum Gasteiger partial charge on any atom is 0.416 e. The van der Waals surface area contributed by atoms with Crippen molar-refractivity contribution in [2.75, 3.05) is 7.11 Å². The molecule has 0 spiro atoms. The molecule has 186 valence electrons. The Morgan fingerprint density at radius 2 is 1.65 bits per heavy atom. The van der Waals surface area contributed by atoms with Gasteiger partial charge in [0.05, 0.1) is 19.1 Å². The summed E-state index contributed by atoms with van der Waals surface area (Å²) in [5.41, 5.74) is 2.94. The number of carbonyl (C=O) groups is 1. The lowest BCUT2D eigenvalue weighted by molar-refractivity contribution is -0.140. The van der Waals surface area contributed by atoms with E-state index < -0.39 is 11.7 Å². The molecule has 1 atom stereocenters. The summed E-state index contributed by atoms with van der Waals surface area (Å²) in [6.45, 7) is 9.01. The third-order valence-corrected chi connectivity index (χ3v) is 7.12. The van der Waals surface area contributed by atoms with Crippen LogP contribution in [0, 0.1) is 11.3 Å². The monoisotopic (exact) mass is 475 g/mol. The molecule has 1 aliphatic rings. The molecule has 0 heterocycles. The summed E-state index contributed by atoms with van der Waals surface area (Å²) in [7, 11) is 1.34. The van der Waals surface area contributed by atoms with Crippen LogP contribution in [0.3, 0.4) is 0 Å². The fourth-order valence-electron chi connectivity index (χ4n) is 4.99. The van der Waals surface area contributed by atoms with Crippen LogP contribution in [0.15, 0.2) is 42.5 Å². The predicted molar refractivity (Wildman–Crippen MR) is 129 cm³/mol. The van der Waals surface area contributed by atoms with Crippen molar-refractivity contribution in [2.45, 2.75) is 78.1 Å². The Morgan fingerprint density at radius 3 is 2.18 bits per heavy atom. The summed E-state index contributed by atoms with van der Waals surface area (Å²) in [5.74, 6) is 0.370. The number of hydrogen-bond acceptors (Lipinski definition) is 3. The fraction of sp³-hybridized carbons (Fsp3) is 0.536. The van der Waals surface area contributed by atoms with Crippen molar-refractivity contribution in [2.24, 2.45) is 11.3 Å². The Morgan fingerprint density at radius 1 is 1.03 bits per heavy atom. The molecule has 2 aromatic rings. The molecule has 1 unspecified atom stereocenters. The molecule has 0 radical (unpaired) electrons. The van der Waals surface area contributed by atoms with Crippen LogP contribution in [0.1, 0.15) is 76.1 Å². The third-order valence-electron chi connectivity index (χ3n) is 7.12. The lowest BCUT2D eigenvalue weighted by Crippen LogP contribution is -2.37. The van der Waals surface area contributed by atoms with Crippen LogP contribution in [0.2, 0.25) is 0 Å². The summed E-state index contributed by atoms with van der Waals surface area (Å²) in [6, 6.07) is 11.4. The van der Waals surface area contributed by atoms with E-state index in [-0.39, 0.29) is 18.4 Å². The van der Waals surface area contributed by atoms with Crippen molar-refractivity contribution >= 4 is 5.97 Å². The number of esters is 1. The van der Waals surface area contributed by atoms with Gasteiger partial charge in [0.2, 0.25) is 0 Å². The van der Waals surface area contributed by atoms with Crippen molar-refractivity contribution in [1.82, 2.24) is 5.32 Å². The van der Waals surface area contributed by atoms with Gasteiger partial charge in [-0.25, -0.2) is 0 Å². The number of nitrogens with one attached hydrogen (secondary N) is 1. The summed E-state index contributed by atoms with van der Waals surface area (Å²) in [4.78, 5) is 11.8. The summed E-state index contributed by atoms with van der Waals surface area (Å²) in [5, 5.41) is 3.75. The second kappa shape index (κ2) is 10.5. The van der Waals surface area contributed by atoms with Gasteiger partial charge in [0.15, 0.2) is 0 Å². The quantitative estimate of drug-likeness (QED) is 0.444. The average molecular weight is 476 g/mol. The van der Waals surface area contributed by atoms with Crippen molar-refractivity contribution in [3.63, 3.8) is 0 Å². The second-order valence-corrected chi connectivity index (χ2v) is 10.6. The molecule has 34 heavy (non-hydrogen) atoms. The Kier molecular flexibility index (Phi) is 8.12. The number of methoxy groups -OCH3 is 1. The number of ether oxygens (including phenoxy) is 1. The fourth-order valence-corrected chi connectivity index (χ4v) is 4.99. The maximum atomic E-state index is 13.1. The third kappa shape index (κ3) is 6.62. The standard InChI is InChI=1S/C28H36F3NO2/c1-18(32-23-13-11-21(12-14-23)27(2,3)4)24-15-6-19(17-26(33)34-5)16-25(24)20-7-9-22(10-8-20)28(29,30)31/h6-10,15-16,18,21,23,32H,11-14,17H2,1-5H3. The van der Waals surface area contributed by atoms with Gasteiger partial charge in [0.1, 0.15) is 0 Å². The lowest BCUT2D eigenvalue weighted by atomic mass is 9.71. The molecule has 1 aliphatic carbocycles. The molecule has 1 saturated carbocycles. The van der Waals surface area contributed by atoms with Crippen LogP contribution in [0.4, 0.5) is 13.2 Å². The highest BCUT2D eigenvalue weighted by atomic mass is 19.4. The van der Waals surface area contributed by atoms with Crippen LogP contribution in [-0.2, 0) is 22.1 Å². The summed E-state index contributed by atoms with van der Waals surface area (Å²) >= 11 is 0. The van der Waals surface area contributed by atoms with Gasteiger partial charge in [0.25, 0.3) is 0 Å². The van der Waals surface area contributed by atoms with Gasteiger partial charge in [-0.2, -0.15) is 13.2 Å². The van der Waals surface area contributed by atoms with Gasteiger partial charge >= 0.3 is 12.1 Å². The van der Waals surface area contributed by atoms with Crippen molar-refractivity contribution < 1.29 is 22.7 Å². The van der Waals surface area contributed by atoms with Gasteiger partial charge in [-0.05, 0) is 78.3 Å². The molecule has 1 N–H and O–H groups in total. The smallest absolute Gasteiger partial charge is 0.416 e. The van der Waals surface area contributed by atoms with E-state index in [0.29, 0.717) is 17.0 Å². The number of alkyl halides is 3. The molecule has 1 fully saturated rings. The minimum absolute atomic E-state index is 0.0145. The first kappa shape index (κ1) is 26.3. The SMILES string of the molecule is COC(=O)Cc1ccc(C(C)NC2CCC(C(C)(C)C)CC2)c(-c2ccc(C(F)(F)F)cc2)c1. The first-order valence-corrected chi connectivity index (χ1v) is 12.0. The van der Waals surface area contributed by atoms with Gasteiger partial charge in [-0.1, -0.05) is 51.1 Å². The first-order chi connectivity index (χ1) is 15.9. The summed E-state index contributed by atoms with van der Waals surface area (Å²) in [6.07, 6.45) is 0.345. The number of carbonyl (C=O) groups excluding carboxylic acids is 1. The number of rotatable bonds is 6. The number of benzene rings is 2. The topological polar surface area (TPSA) is 38.3 Å². The van der Waals surface area contributed by atoms with Crippen LogP contribution < -0.4 is 5.32 Å². The molecular formula is C28H36F3NO2. The molecule has 0 bridgehead atoms. The van der Waals surface area contributed by atoms with Crippen LogP contribution in [0.25, 0.3) is 11.1 Å². The highest BCUT2D eigenvalue weighted by Crippen LogP contribution is 2.39. The van der Waals surface area contributed by atoms with E-state index >= 15 is 0 Å². The molecule has 0 amide bonds. The second-order valence-electron chi connectivity index (χ2n) is 10.6. The van der Waals surface area contributed by atoms with E-state index in [1.165, 1.54) is 32.1 Å². The predicted octanol–water partition coefficient (Wildman–Crippen LogP) is 7.34. The van der Waals surface area contributed by atoms with E-state index in [9.17, 15) is 18.0 Å². The van der Waals surface area contributed by atoms with Gasteiger partial charge in [-0.3, -0.25) is 4.79 Å².